The molecule has 2 aromatic rings. The smallest absolute Gasteiger partial charge is 0.146 e. The highest BCUT2D eigenvalue weighted by atomic mass is 35.5. The molecule has 0 unspecified atom stereocenters. The largest absolute Gasteiger partial charge is 0.377 e. The number of aromatic nitrogens is 3. The predicted octanol–water partition coefficient (Wildman–Crippen LogP) is 3.21. The van der Waals surface area contributed by atoms with Crippen molar-refractivity contribution in [2.45, 2.75) is 32.3 Å². The van der Waals surface area contributed by atoms with Crippen LogP contribution in [0.5, 0.6) is 0 Å². The van der Waals surface area contributed by atoms with Crippen LogP contribution in [0.15, 0.2) is 30.6 Å². The van der Waals surface area contributed by atoms with Crippen molar-refractivity contribution in [1.29, 1.82) is 0 Å². The number of alkyl halides is 1. The van der Waals surface area contributed by atoms with Gasteiger partial charge in [0.25, 0.3) is 0 Å². The van der Waals surface area contributed by atoms with Crippen LogP contribution in [-0.2, 0) is 12.4 Å². The van der Waals surface area contributed by atoms with Crippen LogP contribution in [0.3, 0.4) is 0 Å². The predicted molar refractivity (Wildman–Crippen MR) is 73.7 cm³/mol. The summed E-state index contributed by atoms with van der Waals surface area (Å²) in [6, 6.07) is 8.33. The van der Waals surface area contributed by atoms with Crippen molar-refractivity contribution < 1.29 is 0 Å². The number of para-hydroxylation sites is 1. The summed E-state index contributed by atoms with van der Waals surface area (Å²) < 4.78 is 1.91. The molecular formula is C13H17ClN4. The Morgan fingerprint density at radius 2 is 2.11 bits per heavy atom. The molecule has 96 valence electrons. The number of benzene rings is 1. The van der Waals surface area contributed by atoms with E-state index >= 15 is 0 Å². The molecule has 0 aliphatic carbocycles. The average Bonchev–Trinajstić information content (AvgIpc) is 2.85. The summed E-state index contributed by atoms with van der Waals surface area (Å²) >= 11 is 5.90. The second kappa shape index (κ2) is 5.87. The Labute approximate surface area is 112 Å². The fourth-order valence-corrected chi connectivity index (χ4v) is 2.05. The zero-order valence-electron chi connectivity index (χ0n) is 10.6. The van der Waals surface area contributed by atoms with Crippen molar-refractivity contribution in [2.75, 3.05) is 5.32 Å². The molecule has 0 amide bonds. The van der Waals surface area contributed by atoms with E-state index in [0.29, 0.717) is 18.5 Å². The van der Waals surface area contributed by atoms with Crippen molar-refractivity contribution in [3.63, 3.8) is 0 Å². The van der Waals surface area contributed by atoms with Gasteiger partial charge >= 0.3 is 0 Å². The van der Waals surface area contributed by atoms with Gasteiger partial charge in [-0.1, -0.05) is 18.2 Å². The van der Waals surface area contributed by atoms with Crippen LogP contribution in [0.25, 0.3) is 0 Å². The highest BCUT2D eigenvalue weighted by molar-refractivity contribution is 6.17. The molecule has 1 aromatic heterocycles. The molecule has 18 heavy (non-hydrogen) atoms. The number of rotatable bonds is 5. The van der Waals surface area contributed by atoms with Gasteiger partial charge in [0.1, 0.15) is 12.2 Å². The van der Waals surface area contributed by atoms with Crippen molar-refractivity contribution >= 4 is 17.3 Å². The summed E-state index contributed by atoms with van der Waals surface area (Å²) in [6.07, 6.45) is 1.59. The van der Waals surface area contributed by atoms with Gasteiger partial charge in [-0.05, 0) is 25.5 Å². The summed E-state index contributed by atoms with van der Waals surface area (Å²) in [6.45, 7) is 4.82. The zero-order chi connectivity index (χ0) is 13.0. The summed E-state index contributed by atoms with van der Waals surface area (Å²) in [4.78, 5) is 4.26. The normalized spacial score (nSPS) is 10.9. The van der Waals surface area contributed by atoms with Crippen molar-refractivity contribution in [3.05, 3.63) is 42.0 Å². The molecular weight excluding hydrogens is 248 g/mol. The van der Waals surface area contributed by atoms with Gasteiger partial charge in [-0.2, -0.15) is 5.10 Å². The van der Waals surface area contributed by atoms with Crippen LogP contribution in [0.1, 0.15) is 31.3 Å². The lowest BCUT2D eigenvalue weighted by molar-refractivity contribution is 0.509. The van der Waals surface area contributed by atoms with E-state index in [2.05, 4.69) is 29.2 Å². The molecule has 0 radical (unpaired) electrons. The minimum absolute atomic E-state index is 0.313. The first-order valence-corrected chi connectivity index (χ1v) is 6.52. The Hall–Kier alpha value is -1.55. The third-order valence-electron chi connectivity index (χ3n) is 2.73. The Bertz CT molecular complexity index is 507. The molecule has 5 heteroatoms. The first-order chi connectivity index (χ1) is 8.72. The Morgan fingerprint density at radius 1 is 1.33 bits per heavy atom. The van der Waals surface area contributed by atoms with Gasteiger partial charge < -0.3 is 5.32 Å². The SMILES string of the molecule is CC(C)n1ncnc1CNc1ccccc1CCl. The molecule has 1 aromatic carbocycles. The van der Waals surface area contributed by atoms with Crippen LogP contribution < -0.4 is 5.32 Å². The third-order valence-corrected chi connectivity index (χ3v) is 3.02. The fraction of sp³-hybridized carbons (Fsp3) is 0.385. The van der Waals surface area contributed by atoms with Crippen LogP contribution in [0.4, 0.5) is 5.69 Å². The highest BCUT2D eigenvalue weighted by Gasteiger charge is 2.07. The van der Waals surface area contributed by atoms with Crippen molar-refractivity contribution in [2.24, 2.45) is 0 Å². The lowest BCUT2D eigenvalue weighted by Crippen LogP contribution is -2.12. The first kappa shape index (κ1) is 12.9. The van der Waals surface area contributed by atoms with E-state index in [1.165, 1.54) is 0 Å². The van der Waals surface area contributed by atoms with E-state index in [1.54, 1.807) is 6.33 Å². The van der Waals surface area contributed by atoms with Crippen LogP contribution >= 0.6 is 11.6 Å². The molecule has 0 saturated carbocycles. The molecule has 0 aliphatic heterocycles. The molecule has 2 rings (SSSR count). The number of hydrogen-bond donors (Lipinski definition) is 1. The monoisotopic (exact) mass is 264 g/mol. The zero-order valence-corrected chi connectivity index (χ0v) is 11.4. The number of hydrogen-bond acceptors (Lipinski definition) is 3. The molecule has 0 atom stereocenters. The molecule has 0 saturated heterocycles. The minimum Gasteiger partial charge on any atom is -0.377 e. The maximum absolute atomic E-state index is 5.90. The molecule has 1 N–H and O–H groups in total. The molecule has 0 spiro atoms. The fourth-order valence-electron chi connectivity index (χ4n) is 1.82. The molecule has 0 fully saturated rings. The van der Waals surface area contributed by atoms with Gasteiger partial charge in [0.2, 0.25) is 0 Å². The summed E-state index contributed by atoms with van der Waals surface area (Å²) in [5.74, 6) is 1.43. The number of anilines is 1. The van der Waals surface area contributed by atoms with Crippen molar-refractivity contribution in [1.82, 2.24) is 14.8 Å². The second-order valence-electron chi connectivity index (χ2n) is 4.36. The van der Waals surface area contributed by atoms with Gasteiger partial charge in [0, 0.05) is 17.6 Å². The quantitative estimate of drug-likeness (QED) is 0.844. The molecule has 0 bridgehead atoms. The molecule has 4 nitrogen and oxygen atoms in total. The van der Waals surface area contributed by atoms with Gasteiger partial charge in [0.05, 0.1) is 6.54 Å². The average molecular weight is 265 g/mol. The van der Waals surface area contributed by atoms with E-state index in [1.807, 2.05) is 28.9 Å². The standard InChI is InChI=1S/C13H17ClN4/c1-10(2)18-13(16-9-17-18)8-15-12-6-4-3-5-11(12)7-14/h3-6,9-10,15H,7-8H2,1-2H3. The summed E-state index contributed by atoms with van der Waals surface area (Å²) in [7, 11) is 0. The van der Waals surface area contributed by atoms with E-state index < -0.39 is 0 Å². The van der Waals surface area contributed by atoms with Crippen LogP contribution in [0.2, 0.25) is 0 Å². The lowest BCUT2D eigenvalue weighted by atomic mass is 10.2. The van der Waals surface area contributed by atoms with Gasteiger partial charge in [-0.3, -0.25) is 0 Å². The maximum Gasteiger partial charge on any atom is 0.146 e. The first-order valence-electron chi connectivity index (χ1n) is 5.98. The summed E-state index contributed by atoms with van der Waals surface area (Å²) in [5.41, 5.74) is 2.14. The third kappa shape index (κ3) is 2.82. The highest BCUT2D eigenvalue weighted by Crippen LogP contribution is 2.18. The molecule has 0 aliphatic rings. The molecule has 1 heterocycles. The maximum atomic E-state index is 5.90. The topological polar surface area (TPSA) is 42.7 Å². The van der Waals surface area contributed by atoms with E-state index in [9.17, 15) is 0 Å². The van der Waals surface area contributed by atoms with Gasteiger partial charge in [-0.15, -0.1) is 11.6 Å². The number of halogens is 1. The lowest BCUT2D eigenvalue weighted by Gasteiger charge is -2.12. The Morgan fingerprint density at radius 3 is 2.83 bits per heavy atom. The second-order valence-corrected chi connectivity index (χ2v) is 4.63. The van der Waals surface area contributed by atoms with Gasteiger partial charge in [-0.25, -0.2) is 9.67 Å². The van der Waals surface area contributed by atoms with Gasteiger partial charge in [0.15, 0.2) is 0 Å². The number of nitrogens with zero attached hydrogens (tertiary/aromatic N) is 3. The minimum atomic E-state index is 0.313. The summed E-state index contributed by atoms with van der Waals surface area (Å²) in [5, 5.41) is 7.56. The van der Waals surface area contributed by atoms with Crippen molar-refractivity contribution in [3.8, 4) is 0 Å². The van der Waals surface area contributed by atoms with E-state index in [4.69, 9.17) is 11.6 Å². The Balaban J connectivity index is 2.09. The van der Waals surface area contributed by atoms with E-state index in [-0.39, 0.29) is 0 Å². The van der Waals surface area contributed by atoms with E-state index in [0.717, 1.165) is 17.1 Å². The van der Waals surface area contributed by atoms with Crippen LogP contribution in [-0.4, -0.2) is 14.8 Å². The Kier molecular flexibility index (Phi) is 4.20. The van der Waals surface area contributed by atoms with Crippen LogP contribution in [0, 0.1) is 0 Å². The number of nitrogens with one attached hydrogen (secondary N) is 1.